The number of hydrogen-bond donors (Lipinski definition) is 2. The molecule has 0 fully saturated rings. The van der Waals surface area contributed by atoms with Crippen LogP contribution in [0.15, 0.2) is 18.2 Å². The molecule has 0 aliphatic rings. The molecule has 19 heavy (non-hydrogen) atoms. The molecular weight excluding hydrogens is 288 g/mol. The number of aliphatic hydroxyl groups is 1. The maximum absolute atomic E-state index is 11.5. The van der Waals surface area contributed by atoms with Gasteiger partial charge in [0.1, 0.15) is 0 Å². The van der Waals surface area contributed by atoms with Crippen LogP contribution < -0.4 is 4.72 Å². The van der Waals surface area contributed by atoms with Gasteiger partial charge < -0.3 is 5.11 Å². The topological polar surface area (TPSA) is 90.2 Å². The van der Waals surface area contributed by atoms with Crippen LogP contribution in [0.3, 0.4) is 0 Å². The second-order valence-corrected chi connectivity index (χ2v) is 5.62. The maximum Gasteiger partial charge on any atom is 0.246 e. The molecule has 0 aromatic heterocycles. The summed E-state index contributed by atoms with van der Waals surface area (Å²) < 4.78 is 25.1. The molecule has 1 aromatic carbocycles. The summed E-state index contributed by atoms with van der Waals surface area (Å²) in [7, 11) is -3.73. The van der Waals surface area contributed by atoms with Gasteiger partial charge in [0.25, 0.3) is 0 Å². The molecule has 0 aliphatic heterocycles. The molecule has 0 saturated heterocycles. The van der Waals surface area contributed by atoms with Gasteiger partial charge >= 0.3 is 0 Å². The highest BCUT2D eigenvalue weighted by molar-refractivity contribution is 7.92. The third kappa shape index (κ3) is 5.19. The largest absolute Gasteiger partial charge is 0.395 e. The van der Waals surface area contributed by atoms with Gasteiger partial charge in [-0.05, 0) is 18.2 Å². The molecule has 0 spiro atoms. The SMILES string of the molecule is N#CCS(=O)(=O)Nc1cc(C#CCCO)ccc1Cl. The number of nitrogens with zero attached hydrogens (tertiary/aromatic N) is 1. The van der Waals surface area contributed by atoms with Crippen molar-refractivity contribution in [3.63, 3.8) is 0 Å². The molecule has 0 radical (unpaired) electrons. The third-order valence-electron chi connectivity index (χ3n) is 1.96. The van der Waals surface area contributed by atoms with Gasteiger partial charge in [-0.15, -0.1) is 0 Å². The van der Waals surface area contributed by atoms with Gasteiger partial charge in [0, 0.05) is 12.0 Å². The average molecular weight is 299 g/mol. The van der Waals surface area contributed by atoms with Crippen molar-refractivity contribution in [3.8, 4) is 17.9 Å². The van der Waals surface area contributed by atoms with E-state index in [1.165, 1.54) is 12.1 Å². The molecular formula is C12H11ClN2O3S. The second-order valence-electron chi connectivity index (χ2n) is 3.49. The predicted octanol–water partition coefficient (Wildman–Crippen LogP) is 1.34. The number of sulfonamides is 1. The Balaban J connectivity index is 3.00. The van der Waals surface area contributed by atoms with Crippen molar-refractivity contribution in [2.75, 3.05) is 17.1 Å². The van der Waals surface area contributed by atoms with Gasteiger partial charge in [0.2, 0.25) is 10.0 Å². The molecule has 100 valence electrons. The summed E-state index contributed by atoms with van der Waals surface area (Å²) in [5.41, 5.74) is 0.736. The first-order valence-electron chi connectivity index (χ1n) is 5.25. The van der Waals surface area contributed by atoms with E-state index in [4.69, 9.17) is 22.0 Å². The molecule has 0 unspecified atom stereocenters. The van der Waals surface area contributed by atoms with E-state index in [-0.39, 0.29) is 17.3 Å². The van der Waals surface area contributed by atoms with E-state index in [2.05, 4.69) is 16.6 Å². The molecule has 0 saturated carbocycles. The molecule has 1 aromatic rings. The summed E-state index contributed by atoms with van der Waals surface area (Å²) in [6.45, 7) is -0.0394. The van der Waals surface area contributed by atoms with Gasteiger partial charge in [-0.3, -0.25) is 4.72 Å². The molecule has 2 N–H and O–H groups in total. The fourth-order valence-corrected chi connectivity index (χ4v) is 2.16. The minimum absolute atomic E-state index is 0.0394. The van der Waals surface area contributed by atoms with Gasteiger partial charge in [-0.1, -0.05) is 23.4 Å². The van der Waals surface area contributed by atoms with E-state index < -0.39 is 15.8 Å². The number of benzene rings is 1. The Bertz CT molecular complexity index is 654. The quantitative estimate of drug-likeness (QED) is 0.821. The number of halogens is 1. The van der Waals surface area contributed by atoms with Gasteiger partial charge in [-0.25, -0.2) is 8.42 Å². The first-order valence-corrected chi connectivity index (χ1v) is 7.28. The zero-order chi connectivity index (χ0) is 14.3. The van der Waals surface area contributed by atoms with Crippen molar-refractivity contribution in [2.24, 2.45) is 0 Å². The normalized spacial score (nSPS) is 10.2. The fraction of sp³-hybridized carbons (Fsp3) is 0.250. The monoisotopic (exact) mass is 298 g/mol. The zero-order valence-corrected chi connectivity index (χ0v) is 11.4. The molecule has 1 rings (SSSR count). The van der Waals surface area contributed by atoms with E-state index in [1.807, 2.05) is 0 Å². The van der Waals surface area contributed by atoms with E-state index in [0.29, 0.717) is 12.0 Å². The standard InChI is InChI=1S/C12H11ClN2O3S/c13-11-5-4-10(3-1-2-7-16)9-12(11)15-19(17,18)8-6-14/h4-5,9,15-16H,2,7-8H2. The first-order chi connectivity index (χ1) is 8.98. The number of nitriles is 1. The summed E-state index contributed by atoms with van der Waals surface area (Å²) in [6.07, 6.45) is 0.331. The lowest BCUT2D eigenvalue weighted by Gasteiger charge is -2.07. The lowest BCUT2D eigenvalue weighted by molar-refractivity contribution is 0.305. The second kappa shape index (κ2) is 7.01. The van der Waals surface area contributed by atoms with Crippen molar-refractivity contribution in [2.45, 2.75) is 6.42 Å². The predicted molar refractivity (Wildman–Crippen MR) is 73.1 cm³/mol. The minimum Gasteiger partial charge on any atom is -0.395 e. The highest BCUT2D eigenvalue weighted by atomic mass is 35.5. The maximum atomic E-state index is 11.5. The molecule has 0 heterocycles. The number of aliphatic hydroxyl groups excluding tert-OH is 1. The van der Waals surface area contributed by atoms with E-state index in [1.54, 1.807) is 12.1 Å². The molecule has 0 amide bonds. The lowest BCUT2D eigenvalue weighted by atomic mass is 10.2. The van der Waals surface area contributed by atoms with Crippen molar-refractivity contribution in [3.05, 3.63) is 28.8 Å². The Labute approximate surface area is 116 Å². The molecule has 7 heteroatoms. The highest BCUT2D eigenvalue weighted by Gasteiger charge is 2.12. The van der Waals surface area contributed by atoms with Crippen LogP contribution in [0, 0.1) is 23.2 Å². The zero-order valence-electron chi connectivity index (χ0n) is 9.85. The summed E-state index contributed by atoms with van der Waals surface area (Å²) in [4.78, 5) is 0. The molecule has 0 bridgehead atoms. The van der Waals surface area contributed by atoms with E-state index in [9.17, 15) is 8.42 Å². The van der Waals surface area contributed by atoms with Crippen LogP contribution in [-0.2, 0) is 10.0 Å². The van der Waals surface area contributed by atoms with Gasteiger partial charge in [0.05, 0.1) is 23.4 Å². The average Bonchev–Trinajstić information content (AvgIpc) is 2.33. The van der Waals surface area contributed by atoms with Crippen LogP contribution in [0.25, 0.3) is 0 Å². The number of hydrogen-bond acceptors (Lipinski definition) is 4. The van der Waals surface area contributed by atoms with Crippen molar-refractivity contribution in [1.29, 1.82) is 5.26 Å². The lowest BCUT2D eigenvalue weighted by Crippen LogP contribution is -2.15. The van der Waals surface area contributed by atoms with Crippen LogP contribution in [0.1, 0.15) is 12.0 Å². The Kier molecular flexibility index (Phi) is 5.65. The summed E-state index contributed by atoms with van der Waals surface area (Å²) in [5, 5.41) is 17.2. The molecule has 5 nitrogen and oxygen atoms in total. The van der Waals surface area contributed by atoms with Crippen molar-refractivity contribution >= 4 is 27.3 Å². The Morgan fingerprint density at radius 1 is 1.42 bits per heavy atom. The molecule has 0 aliphatic carbocycles. The van der Waals surface area contributed by atoms with Crippen LogP contribution >= 0.6 is 11.6 Å². The number of anilines is 1. The van der Waals surface area contributed by atoms with Crippen molar-refractivity contribution in [1.82, 2.24) is 0 Å². The van der Waals surface area contributed by atoms with Crippen LogP contribution in [-0.4, -0.2) is 25.9 Å². The highest BCUT2D eigenvalue weighted by Crippen LogP contribution is 2.23. The Morgan fingerprint density at radius 3 is 2.79 bits per heavy atom. The van der Waals surface area contributed by atoms with E-state index in [0.717, 1.165) is 0 Å². The molecule has 0 atom stereocenters. The van der Waals surface area contributed by atoms with Gasteiger partial charge in [0.15, 0.2) is 5.75 Å². The van der Waals surface area contributed by atoms with Gasteiger partial charge in [-0.2, -0.15) is 5.26 Å². The Morgan fingerprint density at radius 2 is 2.16 bits per heavy atom. The van der Waals surface area contributed by atoms with Crippen LogP contribution in [0.5, 0.6) is 0 Å². The number of nitrogens with one attached hydrogen (secondary N) is 1. The summed E-state index contributed by atoms with van der Waals surface area (Å²) in [5.74, 6) is 4.83. The number of rotatable bonds is 4. The Hall–Kier alpha value is -1.73. The summed E-state index contributed by atoms with van der Waals surface area (Å²) >= 11 is 5.87. The fourth-order valence-electron chi connectivity index (χ4n) is 1.19. The summed E-state index contributed by atoms with van der Waals surface area (Å²) in [6, 6.07) is 6.17. The van der Waals surface area contributed by atoms with E-state index >= 15 is 0 Å². The van der Waals surface area contributed by atoms with Crippen molar-refractivity contribution < 1.29 is 13.5 Å². The first kappa shape index (κ1) is 15.3. The van der Waals surface area contributed by atoms with Crippen LogP contribution in [0.2, 0.25) is 5.02 Å². The smallest absolute Gasteiger partial charge is 0.246 e. The van der Waals surface area contributed by atoms with Crippen LogP contribution in [0.4, 0.5) is 5.69 Å². The minimum atomic E-state index is -3.73. The third-order valence-corrected chi connectivity index (χ3v) is 3.33.